The highest BCUT2D eigenvalue weighted by molar-refractivity contribution is 5.26. The Morgan fingerprint density at radius 3 is 2.26 bits per heavy atom. The fourth-order valence-electron chi connectivity index (χ4n) is 7.86. The van der Waals surface area contributed by atoms with Crippen LogP contribution in [-0.2, 0) is 4.74 Å². The van der Waals surface area contributed by atoms with Crippen LogP contribution in [0.15, 0.2) is 23.3 Å². The predicted octanol–water partition coefficient (Wildman–Crippen LogP) is 6.34. The van der Waals surface area contributed by atoms with Crippen LogP contribution in [0.2, 0.25) is 0 Å². The monoisotopic (exact) mass is 476 g/mol. The van der Waals surface area contributed by atoms with Crippen molar-refractivity contribution in [2.24, 2.45) is 22.7 Å². The number of hydrogen-bond acceptors (Lipinski definition) is 4. The van der Waals surface area contributed by atoms with Crippen molar-refractivity contribution in [3.63, 3.8) is 0 Å². The summed E-state index contributed by atoms with van der Waals surface area (Å²) in [6.45, 7) is 12.7. The summed E-state index contributed by atoms with van der Waals surface area (Å²) in [5, 5.41) is 31.0. The number of fused-ring (bicyclic) bond motifs is 1. The molecule has 0 heterocycles. The molecule has 0 aromatic rings. The SMILES string of the molecule is CCCC(O)(CCC)COCC(C)(C)[C@H]1CC[C@H]2C(=CC=C3C[C@@H](O)C[C@H](O)C3)CCC[C@]12C. The smallest absolute Gasteiger partial charge is 0.0880 e. The third-order valence-electron chi connectivity index (χ3n) is 9.26. The topological polar surface area (TPSA) is 69.9 Å². The number of aliphatic hydroxyl groups excluding tert-OH is 2. The molecule has 0 aromatic carbocycles. The minimum absolute atomic E-state index is 0.0708. The first-order valence-corrected chi connectivity index (χ1v) is 14.1. The molecular weight excluding hydrogens is 424 g/mol. The van der Waals surface area contributed by atoms with Gasteiger partial charge < -0.3 is 20.1 Å². The number of allylic oxidation sites excluding steroid dienone is 3. The standard InChI is InChI=1S/C30H52O4/c1-6-14-30(33,15-7-2)21-34-20-28(3,4)27-13-12-26-23(9-8-16-29(26,27)5)11-10-22-17-24(31)19-25(32)18-22/h10-11,24-27,31-33H,6-9,12-21H2,1-5H3/t24-,25-,26+,27-,29+/m1/s1. The van der Waals surface area contributed by atoms with Crippen LogP contribution in [-0.4, -0.2) is 46.3 Å². The first kappa shape index (κ1) is 27.9. The van der Waals surface area contributed by atoms with Crippen molar-refractivity contribution in [2.75, 3.05) is 13.2 Å². The zero-order valence-corrected chi connectivity index (χ0v) is 22.6. The van der Waals surface area contributed by atoms with E-state index in [1.54, 1.807) is 5.57 Å². The van der Waals surface area contributed by atoms with Crippen LogP contribution < -0.4 is 0 Å². The van der Waals surface area contributed by atoms with Crippen LogP contribution >= 0.6 is 0 Å². The van der Waals surface area contributed by atoms with Crippen LogP contribution in [0.25, 0.3) is 0 Å². The van der Waals surface area contributed by atoms with E-state index in [0.717, 1.165) is 25.7 Å². The van der Waals surface area contributed by atoms with Crippen molar-refractivity contribution < 1.29 is 20.1 Å². The third-order valence-corrected chi connectivity index (χ3v) is 9.26. The lowest BCUT2D eigenvalue weighted by Crippen LogP contribution is -2.43. The van der Waals surface area contributed by atoms with Crippen molar-refractivity contribution in [2.45, 2.75) is 129 Å². The Morgan fingerprint density at radius 1 is 1.00 bits per heavy atom. The first-order chi connectivity index (χ1) is 16.0. The van der Waals surface area contributed by atoms with E-state index < -0.39 is 17.8 Å². The molecule has 0 spiro atoms. The Hall–Kier alpha value is -0.680. The maximum absolute atomic E-state index is 11.0. The van der Waals surface area contributed by atoms with Crippen LogP contribution in [0.4, 0.5) is 0 Å². The highest BCUT2D eigenvalue weighted by Crippen LogP contribution is 2.62. The molecule has 4 nitrogen and oxygen atoms in total. The van der Waals surface area contributed by atoms with Gasteiger partial charge in [-0.2, -0.15) is 0 Å². The fourth-order valence-corrected chi connectivity index (χ4v) is 7.86. The first-order valence-electron chi connectivity index (χ1n) is 14.1. The molecule has 34 heavy (non-hydrogen) atoms. The zero-order chi connectivity index (χ0) is 25.0. The second-order valence-corrected chi connectivity index (χ2v) is 12.8. The van der Waals surface area contributed by atoms with Crippen molar-refractivity contribution in [1.82, 2.24) is 0 Å². The molecule has 0 unspecified atom stereocenters. The Balaban J connectivity index is 1.67. The van der Waals surface area contributed by atoms with E-state index >= 15 is 0 Å². The number of rotatable bonds is 10. The number of aliphatic hydroxyl groups is 3. The molecule has 0 amide bonds. The molecule has 0 aliphatic heterocycles. The Labute approximate surface area is 208 Å². The molecule has 0 bridgehead atoms. The van der Waals surface area contributed by atoms with Gasteiger partial charge in [-0.15, -0.1) is 0 Å². The molecule has 3 fully saturated rings. The summed E-state index contributed by atoms with van der Waals surface area (Å²) in [5.41, 5.74) is 2.41. The van der Waals surface area contributed by atoms with E-state index in [9.17, 15) is 15.3 Å². The minimum Gasteiger partial charge on any atom is -0.393 e. The second-order valence-electron chi connectivity index (χ2n) is 12.8. The van der Waals surface area contributed by atoms with Crippen molar-refractivity contribution in [3.05, 3.63) is 23.3 Å². The van der Waals surface area contributed by atoms with E-state index in [1.807, 2.05) is 0 Å². The maximum atomic E-state index is 11.0. The van der Waals surface area contributed by atoms with Gasteiger partial charge in [0.2, 0.25) is 0 Å². The van der Waals surface area contributed by atoms with E-state index in [4.69, 9.17) is 4.74 Å². The second kappa shape index (κ2) is 11.6. The molecule has 0 aromatic heterocycles. The lowest BCUT2D eigenvalue weighted by molar-refractivity contribution is -0.0903. The van der Waals surface area contributed by atoms with Crippen LogP contribution in [0.1, 0.15) is 112 Å². The predicted molar refractivity (Wildman–Crippen MR) is 140 cm³/mol. The minimum atomic E-state index is -0.684. The van der Waals surface area contributed by atoms with Gasteiger partial charge in [0, 0.05) is 0 Å². The van der Waals surface area contributed by atoms with E-state index in [0.29, 0.717) is 44.3 Å². The summed E-state index contributed by atoms with van der Waals surface area (Å²) in [6.07, 6.45) is 15.3. The Kier molecular flexibility index (Phi) is 9.50. The summed E-state index contributed by atoms with van der Waals surface area (Å²) >= 11 is 0. The molecule has 3 aliphatic rings. The van der Waals surface area contributed by atoms with Crippen LogP contribution in [0.5, 0.6) is 0 Å². The Bertz CT molecular complexity index is 705. The van der Waals surface area contributed by atoms with Gasteiger partial charge in [0.1, 0.15) is 0 Å². The molecule has 3 rings (SSSR count). The quantitative estimate of drug-likeness (QED) is 0.344. The lowest BCUT2D eigenvalue weighted by atomic mass is 9.58. The van der Waals surface area contributed by atoms with Gasteiger partial charge in [-0.1, -0.05) is 70.8 Å². The average molecular weight is 477 g/mol. The van der Waals surface area contributed by atoms with Gasteiger partial charge in [0.25, 0.3) is 0 Å². The summed E-state index contributed by atoms with van der Waals surface area (Å²) in [4.78, 5) is 0. The largest absolute Gasteiger partial charge is 0.393 e. The maximum Gasteiger partial charge on any atom is 0.0880 e. The molecule has 3 saturated carbocycles. The van der Waals surface area contributed by atoms with Gasteiger partial charge in [0.05, 0.1) is 31.0 Å². The molecule has 5 atom stereocenters. The van der Waals surface area contributed by atoms with Gasteiger partial charge in [-0.3, -0.25) is 0 Å². The van der Waals surface area contributed by atoms with Gasteiger partial charge >= 0.3 is 0 Å². The Morgan fingerprint density at radius 2 is 1.65 bits per heavy atom. The summed E-state index contributed by atoms with van der Waals surface area (Å²) in [5.74, 6) is 1.21. The van der Waals surface area contributed by atoms with Gasteiger partial charge in [-0.25, -0.2) is 0 Å². The highest BCUT2D eigenvalue weighted by Gasteiger charge is 2.54. The number of ether oxygens (including phenoxy) is 1. The zero-order valence-electron chi connectivity index (χ0n) is 22.6. The van der Waals surface area contributed by atoms with Crippen LogP contribution in [0, 0.1) is 22.7 Å². The van der Waals surface area contributed by atoms with E-state index in [-0.39, 0.29) is 10.8 Å². The number of hydrogen-bond donors (Lipinski definition) is 3. The fraction of sp³-hybridized carbons (Fsp3) is 0.867. The molecule has 196 valence electrons. The average Bonchev–Trinajstić information content (AvgIpc) is 3.10. The van der Waals surface area contributed by atoms with Gasteiger partial charge in [-0.05, 0) is 86.9 Å². The third kappa shape index (κ3) is 6.55. The summed E-state index contributed by atoms with van der Waals surface area (Å²) in [7, 11) is 0. The molecule has 4 heteroatoms. The lowest BCUT2D eigenvalue weighted by Gasteiger charge is -2.48. The normalized spacial score (nSPS) is 33.9. The summed E-state index contributed by atoms with van der Waals surface area (Å²) in [6, 6.07) is 0. The molecule has 3 N–H and O–H groups in total. The van der Waals surface area contributed by atoms with Crippen LogP contribution in [0.3, 0.4) is 0 Å². The van der Waals surface area contributed by atoms with Crippen molar-refractivity contribution >= 4 is 0 Å². The highest BCUT2D eigenvalue weighted by atomic mass is 16.5. The van der Waals surface area contributed by atoms with E-state index in [2.05, 4.69) is 46.8 Å². The van der Waals surface area contributed by atoms with E-state index in [1.165, 1.54) is 37.7 Å². The molecule has 3 aliphatic carbocycles. The van der Waals surface area contributed by atoms with Crippen molar-refractivity contribution in [1.29, 1.82) is 0 Å². The molecular formula is C30H52O4. The molecule has 0 saturated heterocycles. The molecule has 0 radical (unpaired) electrons. The summed E-state index contributed by atoms with van der Waals surface area (Å²) < 4.78 is 6.26. The van der Waals surface area contributed by atoms with Gasteiger partial charge in [0.15, 0.2) is 0 Å². The van der Waals surface area contributed by atoms with Crippen molar-refractivity contribution in [3.8, 4) is 0 Å².